The minimum absolute atomic E-state index is 0.0991. The van der Waals surface area contributed by atoms with Crippen LogP contribution in [0.3, 0.4) is 0 Å². The summed E-state index contributed by atoms with van der Waals surface area (Å²) >= 11 is 5.44. The number of likely N-dealkylation sites (N-methyl/N-ethyl adjacent to an activating group) is 1. The van der Waals surface area contributed by atoms with Crippen molar-refractivity contribution < 1.29 is 18.3 Å². The van der Waals surface area contributed by atoms with Crippen molar-refractivity contribution in [2.45, 2.75) is 6.42 Å². The number of ether oxygens (including phenoxy) is 1. The standard InChI is InChI=1S/C13H16ClF2NO2/c1-17(5-7-19-6-4-14)13(18)8-10-2-3-11(15)9-12(10)16/h2-3,9H,4-8H2,1H3. The van der Waals surface area contributed by atoms with Gasteiger partial charge < -0.3 is 9.64 Å². The summed E-state index contributed by atoms with van der Waals surface area (Å²) in [5, 5.41) is 0. The van der Waals surface area contributed by atoms with Crippen LogP contribution in [-0.2, 0) is 16.0 Å². The third-order valence-corrected chi connectivity index (χ3v) is 2.73. The van der Waals surface area contributed by atoms with Gasteiger partial charge in [0.25, 0.3) is 0 Å². The molecule has 0 spiro atoms. The van der Waals surface area contributed by atoms with Gasteiger partial charge in [0.05, 0.1) is 19.6 Å². The highest BCUT2D eigenvalue weighted by Crippen LogP contribution is 2.11. The first-order valence-corrected chi connectivity index (χ1v) is 6.39. The number of hydrogen-bond donors (Lipinski definition) is 0. The van der Waals surface area contributed by atoms with Crippen molar-refractivity contribution in [1.82, 2.24) is 4.90 Å². The largest absolute Gasteiger partial charge is 0.378 e. The molecule has 0 aliphatic heterocycles. The molecular weight excluding hydrogens is 276 g/mol. The smallest absolute Gasteiger partial charge is 0.226 e. The van der Waals surface area contributed by atoms with Crippen LogP contribution in [-0.4, -0.2) is 43.5 Å². The molecular formula is C13H16ClF2NO2. The fourth-order valence-corrected chi connectivity index (χ4v) is 1.55. The van der Waals surface area contributed by atoms with E-state index in [0.29, 0.717) is 25.6 Å². The Kier molecular flexibility index (Phi) is 6.73. The van der Waals surface area contributed by atoms with Crippen LogP contribution in [0.1, 0.15) is 5.56 Å². The predicted octanol–water partition coefficient (Wildman–Crippen LogP) is 2.22. The zero-order valence-corrected chi connectivity index (χ0v) is 11.4. The first kappa shape index (κ1) is 15.9. The molecule has 0 aliphatic rings. The summed E-state index contributed by atoms with van der Waals surface area (Å²) in [6.07, 6.45) is -0.0991. The molecule has 106 valence electrons. The minimum Gasteiger partial charge on any atom is -0.378 e. The molecule has 0 N–H and O–H groups in total. The van der Waals surface area contributed by atoms with Crippen LogP contribution < -0.4 is 0 Å². The molecule has 0 saturated heterocycles. The predicted molar refractivity (Wildman–Crippen MR) is 69.2 cm³/mol. The molecule has 0 aliphatic carbocycles. The number of benzene rings is 1. The van der Waals surface area contributed by atoms with Gasteiger partial charge in [-0.15, -0.1) is 11.6 Å². The van der Waals surface area contributed by atoms with Crippen molar-refractivity contribution >= 4 is 17.5 Å². The zero-order chi connectivity index (χ0) is 14.3. The third-order valence-electron chi connectivity index (χ3n) is 2.58. The van der Waals surface area contributed by atoms with Crippen LogP contribution >= 0.6 is 11.6 Å². The van der Waals surface area contributed by atoms with Gasteiger partial charge in [-0.05, 0) is 11.6 Å². The summed E-state index contributed by atoms with van der Waals surface area (Å²) in [7, 11) is 1.60. The molecule has 0 atom stereocenters. The molecule has 0 saturated carbocycles. The van der Waals surface area contributed by atoms with Crippen molar-refractivity contribution in [3.63, 3.8) is 0 Å². The average Bonchev–Trinajstić information content (AvgIpc) is 2.37. The second-order valence-corrected chi connectivity index (χ2v) is 4.41. The molecule has 1 aromatic carbocycles. The molecule has 0 bridgehead atoms. The van der Waals surface area contributed by atoms with Crippen LogP contribution in [0.2, 0.25) is 0 Å². The Morgan fingerprint density at radius 1 is 1.37 bits per heavy atom. The number of nitrogens with zero attached hydrogens (tertiary/aromatic N) is 1. The van der Waals surface area contributed by atoms with Crippen LogP contribution in [0, 0.1) is 11.6 Å². The summed E-state index contributed by atoms with van der Waals surface area (Å²) in [6, 6.07) is 3.18. The molecule has 19 heavy (non-hydrogen) atoms. The number of alkyl halides is 1. The van der Waals surface area contributed by atoms with Gasteiger partial charge in [0.2, 0.25) is 5.91 Å². The normalized spacial score (nSPS) is 10.5. The van der Waals surface area contributed by atoms with E-state index in [1.165, 1.54) is 11.0 Å². The maximum Gasteiger partial charge on any atom is 0.226 e. The Morgan fingerprint density at radius 2 is 2.11 bits per heavy atom. The first-order valence-electron chi connectivity index (χ1n) is 5.86. The third kappa shape index (κ3) is 5.53. The van der Waals surface area contributed by atoms with Crippen LogP contribution in [0.25, 0.3) is 0 Å². The topological polar surface area (TPSA) is 29.5 Å². The van der Waals surface area contributed by atoms with Crippen LogP contribution in [0.5, 0.6) is 0 Å². The van der Waals surface area contributed by atoms with Crippen molar-refractivity contribution in [3.8, 4) is 0 Å². The maximum absolute atomic E-state index is 13.4. The summed E-state index contributed by atoms with van der Waals surface area (Å²) in [5.74, 6) is -1.21. The van der Waals surface area contributed by atoms with Crippen LogP contribution in [0.15, 0.2) is 18.2 Å². The lowest BCUT2D eigenvalue weighted by Gasteiger charge is -2.17. The summed E-state index contributed by atoms with van der Waals surface area (Å²) in [5.41, 5.74) is 0.180. The molecule has 0 aromatic heterocycles. The van der Waals surface area contributed by atoms with Gasteiger partial charge in [0.15, 0.2) is 0 Å². The van der Waals surface area contributed by atoms with Crippen molar-refractivity contribution in [1.29, 1.82) is 0 Å². The number of carbonyl (C=O) groups excluding carboxylic acids is 1. The molecule has 6 heteroatoms. The minimum atomic E-state index is -0.708. The van der Waals surface area contributed by atoms with Gasteiger partial charge in [-0.1, -0.05) is 6.07 Å². The monoisotopic (exact) mass is 291 g/mol. The lowest BCUT2D eigenvalue weighted by molar-refractivity contribution is -0.129. The quantitative estimate of drug-likeness (QED) is 0.569. The fraction of sp³-hybridized carbons (Fsp3) is 0.462. The molecule has 1 rings (SSSR count). The molecule has 3 nitrogen and oxygen atoms in total. The van der Waals surface area contributed by atoms with Crippen molar-refractivity contribution in [3.05, 3.63) is 35.4 Å². The van der Waals surface area contributed by atoms with Gasteiger partial charge in [-0.2, -0.15) is 0 Å². The highest BCUT2D eigenvalue weighted by atomic mass is 35.5. The van der Waals surface area contributed by atoms with E-state index >= 15 is 0 Å². The molecule has 0 radical (unpaired) electrons. The Hall–Kier alpha value is -1.20. The molecule has 1 amide bonds. The van der Waals surface area contributed by atoms with E-state index in [4.69, 9.17) is 16.3 Å². The van der Waals surface area contributed by atoms with Gasteiger partial charge in [0.1, 0.15) is 11.6 Å². The van der Waals surface area contributed by atoms with E-state index in [-0.39, 0.29) is 17.9 Å². The van der Waals surface area contributed by atoms with Gasteiger partial charge in [-0.25, -0.2) is 8.78 Å². The maximum atomic E-state index is 13.4. The Morgan fingerprint density at radius 3 is 2.74 bits per heavy atom. The summed E-state index contributed by atoms with van der Waals surface area (Å²) in [6.45, 7) is 1.20. The number of amides is 1. The number of halogens is 3. The van der Waals surface area contributed by atoms with Crippen molar-refractivity contribution in [2.24, 2.45) is 0 Å². The van der Waals surface area contributed by atoms with E-state index in [9.17, 15) is 13.6 Å². The second-order valence-electron chi connectivity index (χ2n) is 4.03. The van der Waals surface area contributed by atoms with Gasteiger partial charge in [-0.3, -0.25) is 4.79 Å². The van der Waals surface area contributed by atoms with Gasteiger partial charge >= 0.3 is 0 Å². The zero-order valence-electron chi connectivity index (χ0n) is 10.7. The van der Waals surface area contributed by atoms with E-state index < -0.39 is 11.6 Å². The molecule has 0 fully saturated rings. The highest BCUT2D eigenvalue weighted by Gasteiger charge is 2.12. The fourth-order valence-electron chi connectivity index (χ4n) is 1.45. The first-order chi connectivity index (χ1) is 9.04. The number of carbonyl (C=O) groups is 1. The average molecular weight is 292 g/mol. The van der Waals surface area contributed by atoms with Crippen molar-refractivity contribution in [2.75, 3.05) is 32.7 Å². The number of hydrogen-bond acceptors (Lipinski definition) is 2. The van der Waals surface area contributed by atoms with E-state index in [2.05, 4.69) is 0 Å². The lowest BCUT2D eigenvalue weighted by Crippen LogP contribution is -2.31. The Balaban J connectivity index is 2.45. The van der Waals surface area contributed by atoms with E-state index in [1.54, 1.807) is 7.05 Å². The highest BCUT2D eigenvalue weighted by molar-refractivity contribution is 6.17. The molecule has 1 aromatic rings. The summed E-state index contributed by atoms with van der Waals surface area (Å²) in [4.78, 5) is 13.2. The van der Waals surface area contributed by atoms with Gasteiger partial charge in [0, 0.05) is 25.5 Å². The number of rotatable bonds is 7. The SMILES string of the molecule is CN(CCOCCCl)C(=O)Cc1ccc(F)cc1F. The molecule has 0 heterocycles. The van der Waals surface area contributed by atoms with Crippen LogP contribution in [0.4, 0.5) is 8.78 Å². The Bertz CT molecular complexity index is 429. The van der Waals surface area contributed by atoms with E-state index in [1.807, 2.05) is 0 Å². The lowest BCUT2D eigenvalue weighted by atomic mass is 10.1. The van der Waals surface area contributed by atoms with E-state index in [0.717, 1.165) is 12.1 Å². The molecule has 0 unspecified atom stereocenters. The second kappa shape index (κ2) is 8.07. The summed E-state index contributed by atoms with van der Waals surface area (Å²) < 4.78 is 31.2. The Labute approximate surface area is 116 Å².